The Kier molecular flexibility index (Phi) is 5.83. The van der Waals surface area contributed by atoms with E-state index in [2.05, 4.69) is 4.74 Å². The molecule has 0 N–H and O–H groups in total. The first-order valence-corrected chi connectivity index (χ1v) is 7.46. The number of carbonyl (C=O) groups is 2. The van der Waals surface area contributed by atoms with E-state index in [0.29, 0.717) is 0 Å². The van der Waals surface area contributed by atoms with Gasteiger partial charge in [-0.3, -0.25) is 10.1 Å². The van der Waals surface area contributed by atoms with Crippen LogP contribution >= 0.6 is 23.2 Å². The Bertz CT molecular complexity index is 779. The van der Waals surface area contributed by atoms with Crippen molar-refractivity contribution in [3.05, 3.63) is 43.6 Å². The quantitative estimate of drug-likeness (QED) is 0.437. The molecule has 0 unspecified atom stereocenters. The molecule has 0 saturated heterocycles. The lowest BCUT2D eigenvalue weighted by Gasteiger charge is -2.32. The van der Waals surface area contributed by atoms with Gasteiger partial charge in [-0.05, 0) is 6.07 Å². The van der Waals surface area contributed by atoms with Gasteiger partial charge in [0.15, 0.2) is 0 Å². The normalized spacial score (nSPS) is 14.3. The van der Waals surface area contributed by atoms with Crippen LogP contribution in [0.1, 0.15) is 0 Å². The Labute approximate surface area is 151 Å². The van der Waals surface area contributed by atoms with Crippen LogP contribution in [0.2, 0.25) is 10.0 Å². The van der Waals surface area contributed by atoms with Crippen LogP contribution in [0.25, 0.3) is 0 Å². The Hall–Kier alpha value is -2.36. The second-order valence-electron chi connectivity index (χ2n) is 4.70. The molecule has 0 atom stereocenters. The monoisotopic (exact) mass is 390 g/mol. The van der Waals surface area contributed by atoms with Gasteiger partial charge in [-0.25, -0.2) is 9.59 Å². The Morgan fingerprint density at radius 3 is 2.44 bits per heavy atom. The molecule has 1 aliphatic heterocycles. The van der Waals surface area contributed by atoms with Crippen LogP contribution in [0.3, 0.4) is 0 Å². The number of hydrogen-bond acceptors (Lipinski definition) is 8. The first-order valence-electron chi connectivity index (χ1n) is 6.70. The number of nitro groups is 1. The van der Waals surface area contributed by atoms with E-state index in [0.717, 1.165) is 25.2 Å². The maximum atomic E-state index is 12.2. The highest BCUT2D eigenvalue weighted by molar-refractivity contribution is 6.40. The Morgan fingerprint density at radius 1 is 1.24 bits per heavy atom. The molecule has 1 aromatic carbocycles. The minimum Gasteiger partial charge on any atom is -0.466 e. The van der Waals surface area contributed by atoms with Crippen molar-refractivity contribution < 1.29 is 28.7 Å². The van der Waals surface area contributed by atoms with E-state index in [4.69, 9.17) is 32.7 Å². The van der Waals surface area contributed by atoms with Gasteiger partial charge in [0.05, 0.1) is 42.0 Å². The van der Waals surface area contributed by atoms with E-state index in [9.17, 15) is 19.7 Å². The number of hydrogen-bond donors (Lipinski definition) is 0. The van der Waals surface area contributed by atoms with E-state index in [-0.39, 0.29) is 40.3 Å². The van der Waals surface area contributed by atoms with Crippen LogP contribution in [0, 0.1) is 10.1 Å². The number of benzene rings is 1. The van der Waals surface area contributed by atoms with Crippen molar-refractivity contribution in [2.75, 3.05) is 32.5 Å². The summed E-state index contributed by atoms with van der Waals surface area (Å²) in [4.78, 5) is 35.7. The van der Waals surface area contributed by atoms with E-state index in [1.807, 2.05) is 0 Å². The molecule has 1 aliphatic rings. The molecule has 0 bridgehead atoms. The number of nitro benzene ring substituents is 1. The molecule has 0 saturated carbocycles. The molecule has 134 valence electrons. The topological polar surface area (TPSA) is 108 Å². The molecule has 0 aromatic heterocycles. The van der Waals surface area contributed by atoms with E-state index >= 15 is 0 Å². The van der Waals surface area contributed by atoms with Gasteiger partial charge in [0.1, 0.15) is 17.5 Å². The van der Waals surface area contributed by atoms with Crippen molar-refractivity contribution in [3.63, 3.8) is 0 Å². The second kappa shape index (κ2) is 7.68. The van der Waals surface area contributed by atoms with Gasteiger partial charge in [0, 0.05) is 6.07 Å². The summed E-state index contributed by atoms with van der Waals surface area (Å²) >= 11 is 12.2. The molecule has 9 nitrogen and oxygen atoms in total. The lowest BCUT2D eigenvalue weighted by molar-refractivity contribution is -0.384. The summed E-state index contributed by atoms with van der Waals surface area (Å²) in [5.74, 6) is -1.69. The van der Waals surface area contributed by atoms with Crippen LogP contribution in [-0.2, 0) is 23.8 Å². The van der Waals surface area contributed by atoms with Gasteiger partial charge in [-0.15, -0.1) is 0 Å². The summed E-state index contributed by atoms with van der Waals surface area (Å²) in [6.07, 6.45) is 0. The third-order valence-electron chi connectivity index (χ3n) is 3.35. The highest BCUT2D eigenvalue weighted by Crippen LogP contribution is 2.42. The number of carbonyl (C=O) groups excluding carboxylic acids is 2. The molecule has 2 rings (SSSR count). The molecule has 0 aliphatic carbocycles. The number of halogens is 2. The van der Waals surface area contributed by atoms with Crippen molar-refractivity contribution in [1.29, 1.82) is 0 Å². The number of anilines is 1. The fourth-order valence-electron chi connectivity index (χ4n) is 2.24. The standard InChI is InChI=1S/C14H12Cl2N2O7/c1-23-13(19)7-5-25-6-17(11(7)14(20)24-2)12-8(15)3-4-9(10(12)16)18(21)22/h3-4H,5-6H2,1-2H3. The number of ether oxygens (including phenoxy) is 3. The van der Waals surface area contributed by atoms with Crippen LogP contribution < -0.4 is 4.90 Å². The van der Waals surface area contributed by atoms with Crippen LogP contribution in [0.15, 0.2) is 23.4 Å². The van der Waals surface area contributed by atoms with Gasteiger partial charge >= 0.3 is 11.9 Å². The van der Waals surface area contributed by atoms with Crippen molar-refractivity contribution in [3.8, 4) is 0 Å². The lowest BCUT2D eigenvalue weighted by atomic mass is 10.1. The van der Waals surface area contributed by atoms with Crippen molar-refractivity contribution in [1.82, 2.24) is 0 Å². The molecule has 11 heteroatoms. The molecular formula is C14H12Cl2N2O7. The van der Waals surface area contributed by atoms with Gasteiger partial charge in [-0.2, -0.15) is 0 Å². The van der Waals surface area contributed by atoms with Crippen molar-refractivity contribution in [2.24, 2.45) is 0 Å². The zero-order valence-corrected chi connectivity index (χ0v) is 14.6. The minimum absolute atomic E-state index is 0.0201. The summed E-state index contributed by atoms with van der Waals surface area (Å²) in [5.41, 5.74) is -0.821. The Balaban J connectivity index is 2.72. The first kappa shape index (κ1) is 19.0. The summed E-state index contributed by atoms with van der Waals surface area (Å²) in [6, 6.07) is 2.38. The zero-order chi connectivity index (χ0) is 18.7. The average Bonchev–Trinajstić information content (AvgIpc) is 2.59. The van der Waals surface area contributed by atoms with Crippen LogP contribution in [0.4, 0.5) is 11.4 Å². The smallest absolute Gasteiger partial charge is 0.355 e. The first-order chi connectivity index (χ1) is 11.8. The second-order valence-corrected chi connectivity index (χ2v) is 5.49. The number of methoxy groups -OCH3 is 2. The van der Waals surface area contributed by atoms with E-state index < -0.39 is 22.5 Å². The average molecular weight is 391 g/mol. The predicted molar refractivity (Wildman–Crippen MR) is 87.5 cm³/mol. The molecular weight excluding hydrogens is 379 g/mol. The SMILES string of the molecule is COC(=O)C1=C(C(=O)OC)N(c2c(Cl)ccc([N+](=O)[O-])c2Cl)COC1. The van der Waals surface area contributed by atoms with Crippen molar-refractivity contribution in [2.45, 2.75) is 0 Å². The summed E-state index contributed by atoms with van der Waals surface area (Å²) in [6.45, 7) is -0.441. The molecule has 1 heterocycles. The van der Waals surface area contributed by atoms with Crippen molar-refractivity contribution >= 4 is 46.5 Å². The largest absolute Gasteiger partial charge is 0.466 e. The van der Waals surface area contributed by atoms with E-state index in [1.54, 1.807) is 0 Å². The molecule has 25 heavy (non-hydrogen) atoms. The maximum Gasteiger partial charge on any atom is 0.355 e. The van der Waals surface area contributed by atoms with Crippen LogP contribution in [0.5, 0.6) is 0 Å². The summed E-state index contributed by atoms with van der Waals surface area (Å²) in [7, 11) is 2.25. The molecule has 0 spiro atoms. The summed E-state index contributed by atoms with van der Waals surface area (Å²) in [5, 5.41) is 10.8. The molecule has 0 amide bonds. The minimum atomic E-state index is -0.873. The number of esters is 2. The third kappa shape index (κ3) is 3.53. The van der Waals surface area contributed by atoms with Crippen LogP contribution in [-0.4, -0.2) is 44.4 Å². The number of rotatable bonds is 4. The molecule has 0 radical (unpaired) electrons. The summed E-state index contributed by atoms with van der Waals surface area (Å²) < 4.78 is 14.6. The highest BCUT2D eigenvalue weighted by Gasteiger charge is 2.35. The highest BCUT2D eigenvalue weighted by atomic mass is 35.5. The van der Waals surface area contributed by atoms with E-state index in [1.165, 1.54) is 6.07 Å². The fraction of sp³-hybridized carbons (Fsp3) is 0.286. The maximum absolute atomic E-state index is 12.2. The molecule has 0 fully saturated rings. The van der Waals surface area contributed by atoms with Gasteiger partial charge in [-0.1, -0.05) is 23.2 Å². The van der Waals surface area contributed by atoms with Gasteiger partial charge < -0.3 is 19.1 Å². The predicted octanol–water partition coefficient (Wildman–Crippen LogP) is 2.30. The third-order valence-corrected chi connectivity index (χ3v) is 4.02. The molecule has 1 aromatic rings. The zero-order valence-electron chi connectivity index (χ0n) is 13.1. The Morgan fingerprint density at radius 2 is 1.88 bits per heavy atom. The fourth-order valence-corrected chi connectivity index (χ4v) is 2.88. The number of nitrogens with zero attached hydrogens (tertiary/aromatic N) is 2. The van der Waals surface area contributed by atoms with Gasteiger partial charge in [0.2, 0.25) is 0 Å². The lowest BCUT2D eigenvalue weighted by Crippen LogP contribution is -2.39. The van der Waals surface area contributed by atoms with Gasteiger partial charge in [0.25, 0.3) is 5.69 Å².